The Hall–Kier alpha value is -2.48. The molecule has 2 aromatic heterocycles. The lowest BCUT2D eigenvalue weighted by atomic mass is 9.92. The fraction of sp³-hybridized carbons (Fsp3) is 0.500. The van der Waals surface area contributed by atoms with Crippen LogP contribution in [-0.4, -0.2) is 63.1 Å². The van der Waals surface area contributed by atoms with Gasteiger partial charge in [-0.1, -0.05) is 0 Å². The highest BCUT2D eigenvalue weighted by Crippen LogP contribution is 2.25. The highest BCUT2D eigenvalue weighted by Gasteiger charge is 2.36. The summed E-state index contributed by atoms with van der Waals surface area (Å²) in [5.41, 5.74) is -0.461. The number of rotatable bonds is 4. The van der Waals surface area contributed by atoms with Crippen molar-refractivity contribution >= 4 is 11.7 Å². The highest BCUT2D eigenvalue weighted by molar-refractivity contribution is 5.92. The van der Waals surface area contributed by atoms with Gasteiger partial charge in [-0.2, -0.15) is 0 Å². The number of β-amino-alcohol motifs (C(OH)–C–C–N with tert-alkyl or cyclic N) is 1. The van der Waals surface area contributed by atoms with Crippen LogP contribution in [0, 0.1) is 6.92 Å². The smallest absolute Gasteiger partial charge is 0.291 e. The molecule has 0 aromatic carbocycles. The first kappa shape index (κ1) is 16.4. The second-order valence-electron chi connectivity index (χ2n) is 6.24. The van der Waals surface area contributed by atoms with Crippen molar-refractivity contribution < 1.29 is 14.3 Å². The van der Waals surface area contributed by atoms with E-state index in [1.165, 1.54) is 11.3 Å². The third-order valence-corrected chi connectivity index (χ3v) is 4.25. The summed E-state index contributed by atoms with van der Waals surface area (Å²) in [6.07, 6.45) is 7.62. The van der Waals surface area contributed by atoms with E-state index in [0.717, 1.165) is 18.8 Å². The van der Waals surface area contributed by atoms with Crippen LogP contribution >= 0.6 is 0 Å². The summed E-state index contributed by atoms with van der Waals surface area (Å²) in [5.74, 6) is 0.661. The molecule has 1 aliphatic rings. The lowest BCUT2D eigenvalue weighted by molar-refractivity contribution is -0.000908. The number of hydrogen-bond donors (Lipinski definition) is 1. The molecule has 8 heteroatoms. The zero-order chi connectivity index (χ0) is 17.2. The Morgan fingerprint density at radius 3 is 2.96 bits per heavy atom. The number of anilines is 1. The zero-order valence-electron chi connectivity index (χ0n) is 13.8. The molecular formula is C16H21N5O3. The molecule has 0 saturated carbocycles. The molecule has 1 amide bonds. The maximum atomic E-state index is 12.4. The molecule has 0 aliphatic carbocycles. The van der Waals surface area contributed by atoms with Crippen LogP contribution in [0.3, 0.4) is 0 Å². The molecule has 1 atom stereocenters. The molecule has 0 spiro atoms. The molecule has 0 radical (unpaired) electrons. The van der Waals surface area contributed by atoms with Crippen LogP contribution in [0.4, 0.5) is 5.82 Å². The number of piperidine rings is 1. The van der Waals surface area contributed by atoms with E-state index in [1.807, 2.05) is 4.90 Å². The minimum atomic E-state index is -1.01. The summed E-state index contributed by atoms with van der Waals surface area (Å²) < 4.78 is 5.15. The fourth-order valence-electron chi connectivity index (χ4n) is 3.09. The van der Waals surface area contributed by atoms with Gasteiger partial charge in [-0.25, -0.2) is 9.97 Å². The summed E-state index contributed by atoms with van der Waals surface area (Å²) in [5, 5.41) is 11.0. The van der Waals surface area contributed by atoms with Crippen LogP contribution in [0.25, 0.3) is 0 Å². The van der Waals surface area contributed by atoms with Crippen LogP contribution in [0.2, 0.25) is 0 Å². The Morgan fingerprint density at radius 2 is 2.29 bits per heavy atom. The van der Waals surface area contributed by atoms with Crippen molar-refractivity contribution in [3.05, 3.63) is 36.4 Å². The first-order valence-corrected chi connectivity index (χ1v) is 7.87. The quantitative estimate of drug-likeness (QED) is 0.888. The monoisotopic (exact) mass is 331 g/mol. The van der Waals surface area contributed by atoms with Crippen molar-refractivity contribution in [2.45, 2.75) is 25.4 Å². The first-order chi connectivity index (χ1) is 11.5. The molecule has 8 nitrogen and oxygen atoms in total. The van der Waals surface area contributed by atoms with E-state index in [-0.39, 0.29) is 18.2 Å². The molecule has 3 heterocycles. The van der Waals surface area contributed by atoms with E-state index in [9.17, 15) is 9.90 Å². The molecule has 3 rings (SSSR count). The number of oxazole rings is 1. The van der Waals surface area contributed by atoms with Crippen molar-refractivity contribution in [1.82, 2.24) is 19.9 Å². The Morgan fingerprint density at radius 1 is 1.46 bits per heavy atom. The number of aliphatic hydroxyl groups is 1. The van der Waals surface area contributed by atoms with Gasteiger partial charge in [0, 0.05) is 32.5 Å². The minimum absolute atomic E-state index is 0.211. The summed E-state index contributed by atoms with van der Waals surface area (Å²) in [6.45, 7) is 3.14. The van der Waals surface area contributed by atoms with Crippen LogP contribution in [0.5, 0.6) is 0 Å². The van der Waals surface area contributed by atoms with E-state index in [4.69, 9.17) is 4.42 Å². The van der Waals surface area contributed by atoms with E-state index >= 15 is 0 Å². The van der Waals surface area contributed by atoms with Crippen molar-refractivity contribution in [3.63, 3.8) is 0 Å². The van der Waals surface area contributed by atoms with E-state index in [1.54, 1.807) is 32.6 Å². The number of hydrogen-bond acceptors (Lipinski definition) is 7. The Balaban J connectivity index is 1.69. The molecular weight excluding hydrogens is 310 g/mol. The highest BCUT2D eigenvalue weighted by atomic mass is 16.4. The van der Waals surface area contributed by atoms with Gasteiger partial charge in [0.1, 0.15) is 5.82 Å². The number of aromatic nitrogens is 3. The average molecular weight is 331 g/mol. The van der Waals surface area contributed by atoms with E-state index in [2.05, 4.69) is 15.0 Å². The summed E-state index contributed by atoms with van der Waals surface area (Å²) in [4.78, 5) is 28.2. The van der Waals surface area contributed by atoms with Gasteiger partial charge in [0.25, 0.3) is 5.91 Å². The third-order valence-electron chi connectivity index (χ3n) is 4.25. The van der Waals surface area contributed by atoms with Gasteiger partial charge in [-0.05, 0) is 19.8 Å². The fourth-order valence-corrected chi connectivity index (χ4v) is 3.09. The van der Waals surface area contributed by atoms with Crippen molar-refractivity contribution in [3.8, 4) is 0 Å². The molecule has 0 unspecified atom stereocenters. The molecule has 1 N–H and O–H groups in total. The third kappa shape index (κ3) is 3.38. The normalized spacial score (nSPS) is 20.9. The standard InChI is InChI=1S/C16H21N5O3/c1-12-14(24-11-19-12)15(22)20(2)9-16(23)4-3-7-21(10-16)13-8-17-5-6-18-13/h5-6,8,11,23H,3-4,7,9-10H2,1-2H3/t16-/m1/s1. The Kier molecular flexibility index (Phi) is 4.48. The number of likely N-dealkylation sites (N-methyl/N-ethyl adjacent to an activating group) is 1. The van der Waals surface area contributed by atoms with Gasteiger partial charge in [0.15, 0.2) is 6.39 Å². The molecule has 2 aromatic rings. The van der Waals surface area contributed by atoms with E-state index < -0.39 is 5.60 Å². The SMILES string of the molecule is Cc1ncoc1C(=O)N(C)C[C@]1(O)CCCN(c2cnccn2)C1. The lowest BCUT2D eigenvalue weighted by Gasteiger charge is -2.41. The number of aryl methyl sites for hydroxylation is 1. The topological polar surface area (TPSA) is 95.6 Å². The second kappa shape index (κ2) is 6.56. The van der Waals surface area contributed by atoms with Crippen LogP contribution in [0.1, 0.15) is 29.1 Å². The number of carbonyl (C=O) groups is 1. The average Bonchev–Trinajstić information content (AvgIpc) is 3.00. The van der Waals surface area contributed by atoms with Gasteiger partial charge < -0.3 is 19.3 Å². The Bertz CT molecular complexity index is 705. The molecule has 0 bridgehead atoms. The summed E-state index contributed by atoms with van der Waals surface area (Å²) in [6, 6.07) is 0. The van der Waals surface area contributed by atoms with E-state index in [0.29, 0.717) is 18.7 Å². The minimum Gasteiger partial charge on any atom is -0.438 e. The molecule has 1 aliphatic heterocycles. The number of amides is 1. The molecule has 128 valence electrons. The van der Waals surface area contributed by atoms with Gasteiger partial charge in [-0.3, -0.25) is 9.78 Å². The number of carbonyl (C=O) groups excluding carboxylic acids is 1. The predicted molar refractivity (Wildman–Crippen MR) is 86.6 cm³/mol. The maximum Gasteiger partial charge on any atom is 0.291 e. The Labute approximate surface area is 140 Å². The van der Waals surface area contributed by atoms with Crippen molar-refractivity contribution in [2.75, 3.05) is 31.6 Å². The van der Waals surface area contributed by atoms with Gasteiger partial charge in [0.05, 0.1) is 24.0 Å². The second-order valence-corrected chi connectivity index (χ2v) is 6.24. The zero-order valence-corrected chi connectivity index (χ0v) is 13.8. The number of nitrogens with zero attached hydrogens (tertiary/aromatic N) is 5. The molecule has 24 heavy (non-hydrogen) atoms. The lowest BCUT2D eigenvalue weighted by Crippen LogP contribution is -2.55. The van der Waals surface area contributed by atoms with Gasteiger partial charge in [-0.15, -0.1) is 0 Å². The van der Waals surface area contributed by atoms with Crippen molar-refractivity contribution in [2.24, 2.45) is 0 Å². The van der Waals surface area contributed by atoms with Gasteiger partial charge in [0.2, 0.25) is 5.76 Å². The van der Waals surface area contributed by atoms with Crippen LogP contribution in [-0.2, 0) is 0 Å². The largest absolute Gasteiger partial charge is 0.438 e. The van der Waals surface area contributed by atoms with Crippen molar-refractivity contribution in [1.29, 1.82) is 0 Å². The van der Waals surface area contributed by atoms with Crippen LogP contribution < -0.4 is 4.90 Å². The van der Waals surface area contributed by atoms with Crippen LogP contribution in [0.15, 0.2) is 29.4 Å². The van der Waals surface area contributed by atoms with Gasteiger partial charge >= 0.3 is 0 Å². The maximum absolute atomic E-state index is 12.4. The first-order valence-electron chi connectivity index (χ1n) is 7.87. The summed E-state index contributed by atoms with van der Waals surface area (Å²) in [7, 11) is 1.66. The molecule has 1 fully saturated rings. The summed E-state index contributed by atoms with van der Waals surface area (Å²) >= 11 is 0. The molecule has 1 saturated heterocycles. The predicted octanol–water partition coefficient (Wildman–Crippen LogP) is 0.877.